The fourth-order valence-electron chi connectivity index (χ4n) is 7.93. The summed E-state index contributed by atoms with van der Waals surface area (Å²) in [7, 11) is 0. The van der Waals surface area contributed by atoms with Crippen LogP contribution in [0.1, 0.15) is 86.9 Å². The van der Waals surface area contributed by atoms with Crippen LogP contribution < -0.4 is 9.64 Å². The molecule has 2 atom stereocenters. The van der Waals surface area contributed by atoms with Crippen LogP contribution in [0, 0.1) is 17.7 Å². The minimum Gasteiger partial charge on any atom is -0.487 e. The first-order chi connectivity index (χ1) is 24.5. The molecule has 1 aliphatic carbocycles. The molecule has 2 aliphatic rings. The average molecular weight is 703 g/mol. The van der Waals surface area contributed by atoms with Crippen molar-refractivity contribution in [2.75, 3.05) is 18.0 Å². The Hall–Kier alpha value is -4.67. The van der Waals surface area contributed by atoms with E-state index in [4.69, 9.17) is 14.7 Å². The monoisotopic (exact) mass is 702 g/mol. The Labute approximate surface area is 294 Å². The summed E-state index contributed by atoms with van der Waals surface area (Å²) in [5, 5.41) is 10.9. The molecule has 5 aromatic rings. The summed E-state index contributed by atoms with van der Waals surface area (Å²) in [6, 6.07) is 20.5. The van der Waals surface area contributed by atoms with Gasteiger partial charge in [-0.3, -0.25) is 4.79 Å². The predicted molar refractivity (Wildman–Crippen MR) is 189 cm³/mol. The minimum atomic E-state index is -4.15. The van der Waals surface area contributed by atoms with Crippen molar-refractivity contribution < 1.29 is 32.2 Å². The Balaban J connectivity index is 1.14. The highest BCUT2D eigenvalue weighted by Crippen LogP contribution is 2.40. The molecule has 0 bridgehead atoms. The van der Waals surface area contributed by atoms with Gasteiger partial charge in [0.25, 0.3) is 0 Å². The van der Waals surface area contributed by atoms with Crippen molar-refractivity contribution in [2.24, 2.45) is 11.8 Å². The first kappa shape index (κ1) is 34.8. The fourth-order valence-corrected chi connectivity index (χ4v) is 7.93. The molecule has 2 fully saturated rings. The molecule has 0 spiro atoms. The van der Waals surface area contributed by atoms with Gasteiger partial charge in [0.05, 0.1) is 34.1 Å². The Morgan fingerprint density at radius 2 is 1.67 bits per heavy atom. The number of fused-ring (bicyclic) bond motifs is 2. The molecule has 7 rings (SSSR count). The van der Waals surface area contributed by atoms with Gasteiger partial charge in [-0.1, -0.05) is 44.9 Å². The van der Waals surface area contributed by atoms with Crippen LogP contribution in [0.25, 0.3) is 21.9 Å². The van der Waals surface area contributed by atoms with E-state index < -0.39 is 24.0 Å². The van der Waals surface area contributed by atoms with Gasteiger partial charge in [0.1, 0.15) is 24.0 Å². The number of halogens is 4. The third kappa shape index (κ3) is 7.25. The highest BCUT2D eigenvalue weighted by molar-refractivity contribution is 5.83. The number of carbonyl (C=O) groups is 1. The lowest BCUT2D eigenvalue weighted by molar-refractivity contribution is -0.179. The van der Waals surface area contributed by atoms with Crippen LogP contribution in [0.4, 0.5) is 23.2 Å². The van der Waals surface area contributed by atoms with Crippen LogP contribution in [0.2, 0.25) is 0 Å². The van der Waals surface area contributed by atoms with Crippen LogP contribution in [0.3, 0.4) is 0 Å². The van der Waals surface area contributed by atoms with Gasteiger partial charge < -0.3 is 19.3 Å². The van der Waals surface area contributed by atoms with Crippen molar-refractivity contribution in [3.63, 3.8) is 0 Å². The second-order valence-electron chi connectivity index (χ2n) is 14.3. The maximum absolute atomic E-state index is 14.5. The molecule has 7 nitrogen and oxygen atoms in total. The van der Waals surface area contributed by atoms with Crippen molar-refractivity contribution in [2.45, 2.75) is 83.5 Å². The van der Waals surface area contributed by atoms with Crippen molar-refractivity contribution >= 4 is 33.6 Å². The van der Waals surface area contributed by atoms with Gasteiger partial charge in [0.2, 0.25) is 0 Å². The number of aliphatic carboxylic acids is 1. The summed E-state index contributed by atoms with van der Waals surface area (Å²) in [4.78, 5) is 24.1. The van der Waals surface area contributed by atoms with Crippen LogP contribution >= 0.6 is 0 Å². The summed E-state index contributed by atoms with van der Waals surface area (Å²) in [6.07, 6.45) is -0.853. The largest absolute Gasteiger partial charge is 0.487 e. The number of benzene rings is 3. The summed E-state index contributed by atoms with van der Waals surface area (Å²) < 4.78 is 62.4. The molecule has 0 amide bonds. The second-order valence-corrected chi connectivity index (χ2v) is 14.3. The first-order valence-corrected chi connectivity index (χ1v) is 17.8. The zero-order chi connectivity index (χ0) is 35.9. The predicted octanol–water partition coefficient (Wildman–Crippen LogP) is 9.61. The molecule has 1 saturated carbocycles. The SMILES string of the molecule is CC(C)c1c(F)ccc2nc(COc3ccc4c(c3)nc(C3CCCCC3C(=O)O)n4Cc3ccc(N4CCC(C(F)(F)F)CC4)cc3)ccc12. The minimum absolute atomic E-state index is 0.0189. The second kappa shape index (κ2) is 14.2. The number of carboxylic acid groups (broad SMARTS) is 1. The van der Waals surface area contributed by atoms with Gasteiger partial charge in [0, 0.05) is 42.7 Å². The highest BCUT2D eigenvalue weighted by Gasteiger charge is 2.41. The fraction of sp³-hybridized carbons (Fsp3) is 0.425. The van der Waals surface area contributed by atoms with E-state index in [1.165, 1.54) is 6.07 Å². The molecule has 2 unspecified atom stereocenters. The van der Waals surface area contributed by atoms with E-state index in [-0.39, 0.29) is 37.1 Å². The van der Waals surface area contributed by atoms with Gasteiger partial charge >= 0.3 is 12.1 Å². The molecule has 3 aromatic carbocycles. The number of nitrogens with zero attached hydrogens (tertiary/aromatic N) is 4. The maximum Gasteiger partial charge on any atom is 0.391 e. The Morgan fingerprint density at radius 1 is 0.922 bits per heavy atom. The Morgan fingerprint density at radius 3 is 2.37 bits per heavy atom. The molecule has 268 valence electrons. The summed E-state index contributed by atoms with van der Waals surface area (Å²) >= 11 is 0. The quantitative estimate of drug-likeness (QED) is 0.154. The average Bonchev–Trinajstić information content (AvgIpc) is 3.47. The number of hydrogen-bond donors (Lipinski definition) is 1. The Bertz CT molecular complexity index is 2030. The number of pyridine rings is 1. The number of ether oxygens (including phenoxy) is 1. The van der Waals surface area contributed by atoms with Crippen LogP contribution in [0.5, 0.6) is 5.75 Å². The van der Waals surface area contributed by atoms with Gasteiger partial charge in [0.15, 0.2) is 0 Å². The third-order valence-corrected chi connectivity index (χ3v) is 10.6. The molecule has 1 aliphatic heterocycles. The zero-order valence-corrected chi connectivity index (χ0v) is 28.8. The van der Waals surface area contributed by atoms with Crippen molar-refractivity contribution in [3.05, 3.63) is 95.2 Å². The van der Waals surface area contributed by atoms with Gasteiger partial charge in [-0.05, 0) is 85.2 Å². The van der Waals surface area contributed by atoms with Crippen molar-refractivity contribution in [3.8, 4) is 5.75 Å². The van der Waals surface area contributed by atoms with E-state index >= 15 is 0 Å². The molecule has 1 N–H and O–H groups in total. The van der Waals surface area contributed by atoms with Gasteiger partial charge in [-0.2, -0.15) is 13.2 Å². The molecule has 0 radical (unpaired) electrons. The van der Waals surface area contributed by atoms with Crippen molar-refractivity contribution in [1.29, 1.82) is 0 Å². The topological polar surface area (TPSA) is 80.5 Å². The molecule has 2 aromatic heterocycles. The molecule has 3 heterocycles. The number of alkyl halides is 3. The van der Waals surface area contributed by atoms with E-state index in [9.17, 15) is 27.5 Å². The lowest BCUT2D eigenvalue weighted by Crippen LogP contribution is -2.38. The number of carboxylic acids is 1. The maximum atomic E-state index is 14.5. The van der Waals surface area contributed by atoms with E-state index in [1.54, 1.807) is 6.07 Å². The molecule has 11 heteroatoms. The Kier molecular flexibility index (Phi) is 9.65. The smallest absolute Gasteiger partial charge is 0.391 e. The van der Waals surface area contributed by atoms with Gasteiger partial charge in [-0.25, -0.2) is 14.4 Å². The number of piperidine rings is 1. The summed E-state index contributed by atoms with van der Waals surface area (Å²) in [5.41, 5.74) is 5.49. The van der Waals surface area contributed by atoms with Crippen LogP contribution in [0.15, 0.2) is 66.7 Å². The van der Waals surface area contributed by atoms with Crippen LogP contribution in [-0.2, 0) is 17.9 Å². The molecular weight excluding hydrogens is 660 g/mol. The van der Waals surface area contributed by atoms with E-state index in [0.717, 1.165) is 47.2 Å². The highest BCUT2D eigenvalue weighted by atomic mass is 19.4. The number of rotatable bonds is 9. The number of hydrogen-bond acceptors (Lipinski definition) is 5. The molecular formula is C40H42F4N4O3. The molecule has 51 heavy (non-hydrogen) atoms. The third-order valence-electron chi connectivity index (χ3n) is 10.6. The van der Waals surface area contributed by atoms with E-state index in [1.807, 2.05) is 73.3 Å². The van der Waals surface area contributed by atoms with Crippen LogP contribution in [-0.4, -0.2) is 44.9 Å². The van der Waals surface area contributed by atoms with Crippen molar-refractivity contribution in [1.82, 2.24) is 14.5 Å². The lowest BCUT2D eigenvalue weighted by Gasteiger charge is -2.34. The first-order valence-electron chi connectivity index (χ1n) is 17.8. The molecule has 1 saturated heterocycles. The zero-order valence-electron chi connectivity index (χ0n) is 28.8. The lowest BCUT2D eigenvalue weighted by atomic mass is 9.78. The van der Waals surface area contributed by atoms with Gasteiger partial charge in [-0.15, -0.1) is 0 Å². The van der Waals surface area contributed by atoms with E-state index in [0.29, 0.717) is 54.1 Å². The standard InChI is InChI=1S/C40H42F4N4O3/c1-24(2)37-32-13-9-27(45-34(32)15-14-33(37)41)23-51-29-12-16-36-35(21-29)46-38(30-5-3-4-6-31(30)39(49)50)48(36)22-25-7-10-28(11-8-25)47-19-17-26(18-20-47)40(42,43)44/h7-16,21,24,26,30-31H,3-6,17-20,22-23H2,1-2H3,(H,49,50). The normalized spacial score (nSPS) is 18.9. The summed E-state index contributed by atoms with van der Waals surface area (Å²) in [6.45, 7) is 5.30. The van der Waals surface area contributed by atoms with E-state index in [2.05, 4.69) is 4.57 Å². The number of aromatic nitrogens is 3. The number of anilines is 1. The summed E-state index contributed by atoms with van der Waals surface area (Å²) in [5.74, 6) is -1.73. The number of imidazole rings is 1.